The second-order valence-corrected chi connectivity index (χ2v) is 9.25. The van der Waals surface area contributed by atoms with Gasteiger partial charge in [-0.25, -0.2) is 9.78 Å². The zero-order chi connectivity index (χ0) is 17.0. The largest absolute Gasteiger partial charge is 0.479 e. The van der Waals surface area contributed by atoms with Crippen molar-refractivity contribution in [3.8, 4) is 5.88 Å². The third kappa shape index (κ3) is 4.00. The highest BCUT2D eigenvalue weighted by molar-refractivity contribution is 7.63. The molecular weight excluding hydrogens is 319 g/mol. The first kappa shape index (κ1) is 17.7. The van der Waals surface area contributed by atoms with Crippen molar-refractivity contribution in [3.05, 3.63) is 16.8 Å². The molecule has 2 rings (SSSR count). The molecule has 0 amide bonds. The molecule has 1 atom stereocenters. The maximum absolute atomic E-state index is 12.4. The van der Waals surface area contributed by atoms with E-state index in [1.54, 1.807) is 10.9 Å². The van der Waals surface area contributed by atoms with Crippen molar-refractivity contribution in [1.29, 1.82) is 0 Å². The lowest BCUT2D eigenvalue weighted by Gasteiger charge is -2.18. The number of hydrogen-bond acceptors (Lipinski definition) is 6. The summed E-state index contributed by atoms with van der Waals surface area (Å²) >= 11 is 0. The number of aromatic nitrogens is 4. The van der Waals surface area contributed by atoms with Crippen molar-refractivity contribution in [3.63, 3.8) is 0 Å². The summed E-state index contributed by atoms with van der Waals surface area (Å²) in [4.78, 5) is 22.1. The highest BCUT2D eigenvalue weighted by Crippen LogP contribution is 2.45. The van der Waals surface area contributed by atoms with Gasteiger partial charge in [0.25, 0.3) is 0 Å². The summed E-state index contributed by atoms with van der Waals surface area (Å²) < 4.78 is 19.2. The van der Waals surface area contributed by atoms with E-state index in [4.69, 9.17) is 4.74 Å². The van der Waals surface area contributed by atoms with E-state index in [9.17, 15) is 14.5 Å². The summed E-state index contributed by atoms with van der Waals surface area (Å²) in [5.41, 5.74) is 0.454. The molecule has 0 aliphatic carbocycles. The van der Waals surface area contributed by atoms with Crippen LogP contribution in [-0.2, 0) is 11.1 Å². The summed E-state index contributed by atoms with van der Waals surface area (Å²) in [7, 11) is -0.848. The normalized spacial score (nSPS) is 13.4. The lowest BCUT2D eigenvalue weighted by atomic mass is 10.3. The maximum Gasteiger partial charge on any atom is 0.349 e. The number of aryl methyl sites for hydroxylation is 1. The van der Waals surface area contributed by atoms with E-state index in [-0.39, 0.29) is 5.88 Å². The number of aliphatic hydroxyl groups is 1. The quantitative estimate of drug-likeness (QED) is 0.699. The fourth-order valence-electron chi connectivity index (χ4n) is 2.50. The number of ether oxygens (including phenoxy) is 1. The lowest BCUT2D eigenvalue weighted by molar-refractivity contribution is 0.180. The van der Waals surface area contributed by atoms with E-state index in [0.29, 0.717) is 42.6 Å². The third-order valence-electron chi connectivity index (χ3n) is 4.06. The van der Waals surface area contributed by atoms with Crippen LogP contribution < -0.4 is 10.4 Å². The summed E-state index contributed by atoms with van der Waals surface area (Å²) in [6, 6.07) is 0. The van der Waals surface area contributed by atoms with Crippen LogP contribution in [0, 0.1) is 0 Å². The molecule has 0 saturated carbocycles. The van der Waals surface area contributed by atoms with Gasteiger partial charge in [-0.05, 0) is 18.7 Å². The van der Waals surface area contributed by atoms with E-state index in [2.05, 4.69) is 15.0 Å². The Morgan fingerprint density at radius 1 is 1.43 bits per heavy atom. The average molecular weight is 342 g/mol. The number of hydrogen-bond donors (Lipinski definition) is 2. The number of aliphatic hydroxyl groups excluding tert-OH is 1. The van der Waals surface area contributed by atoms with Gasteiger partial charge in [0.1, 0.15) is 5.65 Å². The van der Waals surface area contributed by atoms with Crippen molar-refractivity contribution in [2.75, 3.05) is 25.6 Å². The fraction of sp³-hybridized carbons (Fsp3) is 0.643. The minimum atomic E-state index is -2.28. The third-order valence-corrected chi connectivity index (χ3v) is 7.45. The van der Waals surface area contributed by atoms with Gasteiger partial charge in [0.05, 0.1) is 26.7 Å². The highest BCUT2D eigenvalue weighted by atomic mass is 31.2. The summed E-state index contributed by atoms with van der Waals surface area (Å²) in [6.07, 6.45) is 2.89. The Hall–Kier alpha value is -1.66. The number of fused-ring (bicyclic) bond motifs is 1. The molecule has 9 heteroatoms. The maximum atomic E-state index is 12.4. The highest BCUT2D eigenvalue weighted by Gasteiger charge is 2.22. The zero-order valence-electron chi connectivity index (χ0n) is 13.7. The molecule has 0 saturated heterocycles. The van der Waals surface area contributed by atoms with Crippen molar-refractivity contribution < 1.29 is 14.4 Å². The molecule has 128 valence electrons. The topological polar surface area (TPSA) is 110 Å². The first-order chi connectivity index (χ1) is 10.9. The fourth-order valence-corrected chi connectivity index (χ4v) is 4.42. The molecule has 2 N–H and O–H groups in total. The molecule has 0 aliphatic heterocycles. The predicted molar refractivity (Wildman–Crippen MR) is 88.9 cm³/mol. The number of nitrogens with one attached hydrogen (secondary N) is 1. The molecule has 2 aromatic heterocycles. The number of methoxy groups -OCH3 is 1. The van der Waals surface area contributed by atoms with E-state index in [1.807, 2.05) is 13.8 Å². The first-order valence-electron chi connectivity index (χ1n) is 7.66. The second-order valence-electron chi connectivity index (χ2n) is 5.50. The summed E-state index contributed by atoms with van der Waals surface area (Å²) in [5.74, 6) is 0.171. The van der Waals surface area contributed by atoms with Gasteiger partial charge in [0.2, 0.25) is 5.88 Å². The Labute approximate surface area is 134 Å². The van der Waals surface area contributed by atoms with Gasteiger partial charge < -0.3 is 19.0 Å². The van der Waals surface area contributed by atoms with Gasteiger partial charge in [-0.1, -0.05) is 13.8 Å². The number of rotatable bonds is 8. The molecule has 0 fully saturated rings. The first-order valence-corrected chi connectivity index (χ1v) is 9.93. The van der Waals surface area contributed by atoms with Crippen molar-refractivity contribution in [2.45, 2.75) is 32.9 Å². The molecule has 0 radical (unpaired) electrons. The minimum absolute atomic E-state index is 0.171. The van der Waals surface area contributed by atoms with Gasteiger partial charge in [0.15, 0.2) is 5.52 Å². The zero-order valence-corrected chi connectivity index (χ0v) is 14.5. The van der Waals surface area contributed by atoms with Gasteiger partial charge in [-0.15, -0.1) is 0 Å². The smallest absolute Gasteiger partial charge is 0.349 e. The summed E-state index contributed by atoms with van der Waals surface area (Å²) in [5, 5.41) is 10.2. The molecule has 0 spiro atoms. The van der Waals surface area contributed by atoms with Gasteiger partial charge in [-0.3, -0.25) is 4.98 Å². The number of aromatic amines is 1. The molecule has 0 aromatic carbocycles. The Morgan fingerprint density at radius 3 is 2.74 bits per heavy atom. The molecular formula is C14H23N4O4P. The molecule has 2 heterocycles. The van der Waals surface area contributed by atoms with Gasteiger partial charge in [-0.2, -0.15) is 4.98 Å². The van der Waals surface area contributed by atoms with E-state index >= 15 is 0 Å². The van der Waals surface area contributed by atoms with E-state index in [1.165, 1.54) is 7.11 Å². The van der Waals surface area contributed by atoms with Crippen molar-refractivity contribution in [2.24, 2.45) is 0 Å². The van der Waals surface area contributed by atoms with Crippen LogP contribution in [0.4, 0.5) is 0 Å². The Kier molecular flexibility index (Phi) is 5.59. The molecule has 23 heavy (non-hydrogen) atoms. The number of nitrogens with zero attached hydrogens (tertiary/aromatic N) is 3. The second kappa shape index (κ2) is 7.27. The van der Waals surface area contributed by atoms with Crippen LogP contribution in [0.1, 0.15) is 20.3 Å². The van der Waals surface area contributed by atoms with Gasteiger partial charge >= 0.3 is 5.69 Å². The van der Waals surface area contributed by atoms with Crippen LogP contribution in [0.3, 0.4) is 0 Å². The van der Waals surface area contributed by atoms with E-state index in [0.717, 1.165) is 0 Å². The summed E-state index contributed by atoms with van der Waals surface area (Å²) in [6.45, 7) is 4.24. The molecule has 8 nitrogen and oxygen atoms in total. The van der Waals surface area contributed by atoms with Gasteiger partial charge in [0, 0.05) is 12.7 Å². The van der Waals surface area contributed by atoms with Crippen LogP contribution in [0.5, 0.6) is 5.88 Å². The van der Waals surface area contributed by atoms with Crippen LogP contribution in [0.2, 0.25) is 0 Å². The predicted octanol–water partition coefficient (Wildman–Crippen LogP) is 1.28. The van der Waals surface area contributed by atoms with Crippen LogP contribution in [0.25, 0.3) is 11.2 Å². The molecule has 2 aromatic rings. The Bertz CT molecular complexity index is 762. The van der Waals surface area contributed by atoms with Crippen LogP contribution in [-0.4, -0.2) is 56.3 Å². The van der Waals surface area contributed by atoms with E-state index < -0.39 is 18.9 Å². The Morgan fingerprint density at radius 2 is 2.13 bits per heavy atom. The van der Waals surface area contributed by atoms with Crippen LogP contribution in [0.15, 0.2) is 11.1 Å². The Balaban J connectivity index is 2.12. The molecule has 0 aliphatic rings. The van der Waals surface area contributed by atoms with Crippen LogP contribution >= 0.6 is 7.14 Å². The molecule has 1 unspecified atom stereocenters. The average Bonchev–Trinajstić information content (AvgIpc) is 2.94. The number of imidazole rings is 1. The monoisotopic (exact) mass is 342 g/mol. The standard InChI is InChI=1S/C14H23N4O4P/c1-4-23(21,5-2)8-10(19)6-7-18-9-15-11-12(18)16-14(20)17-13(11)22-3/h9-10,19H,4-8H2,1-3H3,(H,16,17,20). The minimum Gasteiger partial charge on any atom is -0.479 e. The molecule has 0 bridgehead atoms. The number of H-pyrrole nitrogens is 1. The van der Waals surface area contributed by atoms with Crippen molar-refractivity contribution >= 4 is 18.3 Å². The SMILES string of the molecule is CCP(=O)(CC)CC(O)CCn1cnc2c(OC)nc(=O)[nH]c21. The van der Waals surface area contributed by atoms with Crippen molar-refractivity contribution in [1.82, 2.24) is 19.5 Å². The lowest BCUT2D eigenvalue weighted by Crippen LogP contribution is -2.18.